The molecule has 5 rings (SSSR count). The average Bonchev–Trinajstić information content (AvgIpc) is 3.24. The highest BCUT2D eigenvalue weighted by Crippen LogP contribution is 2.33. The molecule has 0 bridgehead atoms. The van der Waals surface area contributed by atoms with Crippen molar-refractivity contribution in [2.75, 3.05) is 23.5 Å². The van der Waals surface area contributed by atoms with E-state index in [1.54, 1.807) is 10.6 Å². The van der Waals surface area contributed by atoms with Crippen LogP contribution in [0.25, 0.3) is 5.57 Å². The molecule has 1 aromatic heterocycles. The zero-order valence-corrected chi connectivity index (χ0v) is 16.5. The Morgan fingerprint density at radius 3 is 2.79 bits per heavy atom. The first-order valence-corrected chi connectivity index (χ1v) is 10.1. The minimum atomic E-state index is -0.273. The van der Waals surface area contributed by atoms with Gasteiger partial charge >= 0.3 is 0 Å². The molecule has 0 saturated carbocycles. The Balaban J connectivity index is 1.64. The summed E-state index contributed by atoms with van der Waals surface area (Å²) in [6, 6.07) is 15.3. The number of thiazole rings is 1. The van der Waals surface area contributed by atoms with Crippen LogP contribution in [0.4, 0.5) is 11.4 Å². The van der Waals surface area contributed by atoms with E-state index in [2.05, 4.69) is 10.3 Å². The van der Waals surface area contributed by atoms with E-state index >= 15 is 0 Å². The highest BCUT2D eigenvalue weighted by molar-refractivity contribution is 7.07. The Morgan fingerprint density at radius 2 is 2.00 bits per heavy atom. The molecule has 146 valence electrons. The van der Waals surface area contributed by atoms with E-state index in [0.29, 0.717) is 51.9 Å². The molecular formula is C21H18N4O3S. The molecule has 1 amide bonds. The summed E-state index contributed by atoms with van der Waals surface area (Å²) in [7, 11) is 0. The topological polar surface area (TPSA) is 75.9 Å². The number of anilines is 2. The van der Waals surface area contributed by atoms with Crippen LogP contribution < -0.4 is 29.8 Å². The summed E-state index contributed by atoms with van der Waals surface area (Å²) in [6.45, 7) is 3.30. The van der Waals surface area contributed by atoms with Crippen LogP contribution in [0, 0.1) is 0 Å². The average molecular weight is 406 g/mol. The van der Waals surface area contributed by atoms with E-state index in [-0.39, 0.29) is 11.5 Å². The van der Waals surface area contributed by atoms with Crippen molar-refractivity contribution < 1.29 is 9.53 Å². The summed E-state index contributed by atoms with van der Waals surface area (Å²) in [5.74, 6) is 0.395. The van der Waals surface area contributed by atoms with Gasteiger partial charge in [0.05, 0.1) is 12.2 Å². The number of fused-ring (bicyclic) bond motifs is 2. The second kappa shape index (κ2) is 6.89. The van der Waals surface area contributed by atoms with Crippen molar-refractivity contribution in [2.24, 2.45) is 4.99 Å². The van der Waals surface area contributed by atoms with Crippen molar-refractivity contribution in [2.45, 2.75) is 13.6 Å². The van der Waals surface area contributed by atoms with E-state index in [0.717, 1.165) is 5.69 Å². The van der Waals surface area contributed by atoms with Crippen molar-refractivity contribution in [3.8, 4) is 5.75 Å². The second-order valence-electron chi connectivity index (χ2n) is 6.73. The highest BCUT2D eigenvalue weighted by atomic mass is 32.1. The monoisotopic (exact) mass is 406 g/mol. The standard InChI is InChI=1S/C21H18N4O3S/c1-2-28-14-8-9-16-15(10-14)17(19(26)23-16)18-20(27)25-12-24(11-22-21(25)29-18)13-6-4-3-5-7-13/h3-10H,2,11-12H2,1H3,(H,23,26)/b18-17-. The van der Waals surface area contributed by atoms with Gasteiger partial charge in [-0.05, 0) is 37.3 Å². The molecule has 0 radical (unpaired) electrons. The molecule has 0 aliphatic carbocycles. The maximum absolute atomic E-state index is 13.2. The van der Waals surface area contributed by atoms with Gasteiger partial charge in [0, 0.05) is 16.9 Å². The lowest BCUT2D eigenvalue weighted by molar-refractivity contribution is -0.110. The van der Waals surface area contributed by atoms with E-state index in [9.17, 15) is 9.59 Å². The molecule has 2 aliphatic rings. The molecular weight excluding hydrogens is 388 g/mol. The molecule has 2 aromatic carbocycles. The molecule has 0 saturated heterocycles. The van der Waals surface area contributed by atoms with Gasteiger partial charge in [-0.1, -0.05) is 29.5 Å². The molecule has 0 spiro atoms. The molecule has 0 unspecified atom stereocenters. The predicted molar refractivity (Wildman–Crippen MR) is 112 cm³/mol. The number of carbonyl (C=O) groups is 1. The fourth-order valence-corrected chi connectivity index (χ4v) is 4.65. The Labute approximate surface area is 170 Å². The fraction of sp³-hybridized carbons (Fsp3) is 0.190. The van der Waals surface area contributed by atoms with Crippen molar-refractivity contribution in [1.29, 1.82) is 0 Å². The lowest BCUT2D eigenvalue weighted by atomic mass is 10.1. The third kappa shape index (κ3) is 2.92. The van der Waals surface area contributed by atoms with E-state index in [1.807, 2.05) is 54.3 Å². The summed E-state index contributed by atoms with van der Waals surface area (Å²) >= 11 is 1.26. The van der Waals surface area contributed by atoms with Crippen molar-refractivity contribution in [1.82, 2.24) is 4.57 Å². The van der Waals surface area contributed by atoms with E-state index in [4.69, 9.17) is 4.74 Å². The number of hydrogen-bond donors (Lipinski definition) is 1. The molecule has 3 heterocycles. The summed E-state index contributed by atoms with van der Waals surface area (Å²) in [4.78, 5) is 33.1. The number of nitrogens with zero attached hydrogens (tertiary/aromatic N) is 3. The largest absolute Gasteiger partial charge is 0.494 e. The number of carbonyl (C=O) groups excluding carboxylic acids is 1. The van der Waals surface area contributed by atoms with Crippen LogP contribution in [0.5, 0.6) is 5.75 Å². The first-order chi connectivity index (χ1) is 14.2. The number of aromatic nitrogens is 1. The van der Waals surface area contributed by atoms with Gasteiger partial charge in [-0.3, -0.25) is 14.2 Å². The van der Waals surface area contributed by atoms with Gasteiger partial charge in [0.1, 0.15) is 23.6 Å². The summed E-state index contributed by atoms with van der Waals surface area (Å²) in [5.41, 5.74) is 2.57. The van der Waals surface area contributed by atoms with Gasteiger partial charge in [0.15, 0.2) is 4.80 Å². The number of benzene rings is 2. The first-order valence-electron chi connectivity index (χ1n) is 9.32. The minimum Gasteiger partial charge on any atom is -0.494 e. The first kappa shape index (κ1) is 17.7. The summed E-state index contributed by atoms with van der Waals surface area (Å²) in [6.07, 6.45) is 0. The van der Waals surface area contributed by atoms with Crippen LogP contribution in [-0.4, -0.2) is 23.7 Å². The molecule has 29 heavy (non-hydrogen) atoms. The maximum Gasteiger partial charge on any atom is 0.272 e. The van der Waals surface area contributed by atoms with Gasteiger partial charge in [0.25, 0.3) is 11.5 Å². The SMILES string of the molecule is CCOc1ccc2c(c1)/C(=c1/sc3n(c1=O)CN(c1ccccc1)CN=3)C(=O)N2. The maximum atomic E-state index is 13.2. The predicted octanol–water partition coefficient (Wildman–Crippen LogP) is 1.51. The number of hydrogen-bond acceptors (Lipinski definition) is 6. The molecule has 2 aliphatic heterocycles. The Hall–Kier alpha value is -3.39. The minimum absolute atomic E-state index is 0.200. The molecule has 0 fully saturated rings. The van der Waals surface area contributed by atoms with Crippen molar-refractivity contribution in [3.05, 3.63) is 73.8 Å². The van der Waals surface area contributed by atoms with Gasteiger partial charge in [-0.15, -0.1) is 0 Å². The van der Waals surface area contributed by atoms with Crippen molar-refractivity contribution >= 4 is 34.2 Å². The lowest BCUT2D eigenvalue weighted by Gasteiger charge is -2.25. The second-order valence-corrected chi connectivity index (χ2v) is 7.71. The quantitative estimate of drug-likeness (QED) is 0.716. The van der Waals surface area contributed by atoms with E-state index < -0.39 is 0 Å². The Bertz CT molecular complexity index is 1290. The molecule has 8 heteroatoms. The smallest absolute Gasteiger partial charge is 0.272 e. The third-order valence-corrected chi connectivity index (χ3v) is 6.06. The zero-order valence-electron chi connectivity index (χ0n) is 15.7. The zero-order chi connectivity index (χ0) is 20.0. The summed E-state index contributed by atoms with van der Waals surface area (Å²) < 4.78 is 7.60. The Morgan fingerprint density at radius 1 is 1.17 bits per heavy atom. The number of amides is 1. The third-order valence-electron chi connectivity index (χ3n) is 4.95. The highest BCUT2D eigenvalue weighted by Gasteiger charge is 2.28. The number of nitrogens with one attached hydrogen (secondary N) is 1. The van der Waals surface area contributed by atoms with Crippen LogP contribution in [0.3, 0.4) is 0 Å². The van der Waals surface area contributed by atoms with Crippen LogP contribution in [-0.2, 0) is 11.5 Å². The lowest BCUT2D eigenvalue weighted by Crippen LogP contribution is -2.43. The normalized spacial score (nSPS) is 16.7. The molecule has 3 aromatic rings. The van der Waals surface area contributed by atoms with Gasteiger partial charge < -0.3 is 15.0 Å². The van der Waals surface area contributed by atoms with E-state index in [1.165, 1.54) is 11.3 Å². The number of rotatable bonds is 3. The molecule has 7 nitrogen and oxygen atoms in total. The van der Waals surface area contributed by atoms with Gasteiger partial charge in [-0.2, -0.15) is 0 Å². The molecule has 1 N–H and O–H groups in total. The molecule has 0 atom stereocenters. The van der Waals surface area contributed by atoms with Crippen LogP contribution in [0.1, 0.15) is 12.5 Å². The van der Waals surface area contributed by atoms with Gasteiger partial charge in [0.2, 0.25) is 0 Å². The summed E-state index contributed by atoms with van der Waals surface area (Å²) in [5, 5.41) is 2.84. The van der Waals surface area contributed by atoms with Crippen LogP contribution >= 0.6 is 11.3 Å². The van der Waals surface area contributed by atoms with Crippen LogP contribution in [0.2, 0.25) is 0 Å². The van der Waals surface area contributed by atoms with Crippen molar-refractivity contribution in [3.63, 3.8) is 0 Å². The van der Waals surface area contributed by atoms with Crippen LogP contribution in [0.15, 0.2) is 58.3 Å². The van der Waals surface area contributed by atoms with Gasteiger partial charge in [-0.25, -0.2) is 4.99 Å². The number of para-hydroxylation sites is 1. The number of ether oxygens (including phenoxy) is 1. The fourth-order valence-electron chi connectivity index (χ4n) is 3.59. The Kier molecular flexibility index (Phi) is 4.21.